The Labute approximate surface area is 208 Å². The second kappa shape index (κ2) is 13.0. The zero-order valence-electron chi connectivity index (χ0n) is 21.2. The second-order valence-corrected chi connectivity index (χ2v) is 8.86. The molecule has 188 valence electrons. The van der Waals surface area contributed by atoms with E-state index in [9.17, 15) is 9.59 Å². The predicted molar refractivity (Wildman–Crippen MR) is 137 cm³/mol. The molecule has 1 aliphatic rings. The number of nitrogens with one attached hydrogen (secondary N) is 1. The highest BCUT2D eigenvalue weighted by Gasteiger charge is 2.36. The number of allylic oxidation sites excluding steroid dienone is 1. The van der Waals surface area contributed by atoms with Gasteiger partial charge in [-0.3, -0.25) is 9.59 Å². The Bertz CT molecular complexity index is 1010. The van der Waals surface area contributed by atoms with Crippen LogP contribution in [0.4, 0.5) is 0 Å². The Morgan fingerprint density at radius 2 is 1.77 bits per heavy atom. The van der Waals surface area contributed by atoms with Gasteiger partial charge in [0.15, 0.2) is 0 Å². The molecule has 0 heterocycles. The largest absolute Gasteiger partial charge is 0.497 e. The first-order valence-electron chi connectivity index (χ1n) is 12.5. The first kappa shape index (κ1) is 26.3. The summed E-state index contributed by atoms with van der Waals surface area (Å²) in [5.41, 5.74) is 2.60. The molecular formula is C29H37NO5. The maximum Gasteiger partial charge on any atom is 0.314 e. The number of esters is 1. The van der Waals surface area contributed by atoms with Crippen molar-refractivity contribution in [1.29, 1.82) is 0 Å². The van der Waals surface area contributed by atoms with Crippen LogP contribution in [-0.2, 0) is 16.0 Å². The standard InChI is InChI=1S/C29H37NO5/c1-5-7-8-9-20-10-12-21(13-11-20)28(31)30-23-15-14-22(18-23)27(29(32)35-6-2)25-19-24(33-3)16-17-26(25)34-4/h10-17,19,22-23,27H,5-9,18H2,1-4H3,(H,30,31). The molecule has 3 unspecified atom stereocenters. The van der Waals surface area contributed by atoms with Crippen LogP contribution in [0.1, 0.15) is 66.9 Å². The van der Waals surface area contributed by atoms with E-state index in [2.05, 4.69) is 12.2 Å². The molecule has 0 aliphatic heterocycles. The van der Waals surface area contributed by atoms with Crippen LogP contribution in [0.15, 0.2) is 54.6 Å². The van der Waals surface area contributed by atoms with Crippen LogP contribution in [0.5, 0.6) is 11.5 Å². The average Bonchev–Trinajstić information content (AvgIpc) is 3.32. The number of unbranched alkanes of at least 4 members (excludes halogenated alkanes) is 2. The summed E-state index contributed by atoms with van der Waals surface area (Å²) in [6.45, 7) is 4.27. The third-order valence-electron chi connectivity index (χ3n) is 6.46. The van der Waals surface area contributed by atoms with E-state index in [0.717, 1.165) is 12.8 Å². The molecule has 2 aromatic rings. The van der Waals surface area contributed by atoms with Crippen LogP contribution >= 0.6 is 0 Å². The van der Waals surface area contributed by atoms with Gasteiger partial charge in [0.25, 0.3) is 5.91 Å². The normalized spacial score (nSPS) is 17.6. The van der Waals surface area contributed by atoms with E-state index in [1.54, 1.807) is 33.3 Å². The summed E-state index contributed by atoms with van der Waals surface area (Å²) in [7, 11) is 3.17. The Morgan fingerprint density at radius 1 is 1.00 bits per heavy atom. The fourth-order valence-corrected chi connectivity index (χ4v) is 4.58. The van der Waals surface area contributed by atoms with Gasteiger partial charge in [0, 0.05) is 17.2 Å². The van der Waals surface area contributed by atoms with Crippen molar-refractivity contribution < 1.29 is 23.8 Å². The molecule has 3 atom stereocenters. The van der Waals surface area contributed by atoms with Crippen LogP contribution < -0.4 is 14.8 Å². The molecule has 0 bridgehead atoms. The molecular weight excluding hydrogens is 442 g/mol. The summed E-state index contributed by atoms with van der Waals surface area (Å²) in [6, 6.07) is 13.1. The van der Waals surface area contributed by atoms with Gasteiger partial charge in [-0.05, 0) is 68.0 Å². The number of ether oxygens (including phenoxy) is 3. The van der Waals surface area contributed by atoms with Crippen LogP contribution in [0.3, 0.4) is 0 Å². The van der Waals surface area contributed by atoms with E-state index in [1.807, 2.05) is 42.5 Å². The van der Waals surface area contributed by atoms with E-state index in [0.29, 0.717) is 29.0 Å². The van der Waals surface area contributed by atoms with Crippen molar-refractivity contribution in [2.24, 2.45) is 5.92 Å². The van der Waals surface area contributed by atoms with E-state index in [4.69, 9.17) is 14.2 Å². The predicted octanol–water partition coefficient (Wildman–Crippen LogP) is 5.46. The van der Waals surface area contributed by atoms with Crippen molar-refractivity contribution in [3.63, 3.8) is 0 Å². The highest BCUT2D eigenvalue weighted by molar-refractivity contribution is 5.94. The van der Waals surface area contributed by atoms with Crippen molar-refractivity contribution in [2.45, 2.75) is 57.9 Å². The van der Waals surface area contributed by atoms with Crippen LogP contribution in [0.25, 0.3) is 0 Å². The lowest BCUT2D eigenvalue weighted by Crippen LogP contribution is -2.34. The molecule has 1 amide bonds. The topological polar surface area (TPSA) is 73.9 Å². The minimum atomic E-state index is -0.569. The summed E-state index contributed by atoms with van der Waals surface area (Å²) in [6.07, 6.45) is 9.14. The number of aryl methyl sites for hydroxylation is 1. The highest BCUT2D eigenvalue weighted by Crippen LogP contribution is 2.40. The summed E-state index contributed by atoms with van der Waals surface area (Å²) in [4.78, 5) is 25.9. The van der Waals surface area contributed by atoms with Gasteiger partial charge in [0.05, 0.1) is 26.7 Å². The van der Waals surface area contributed by atoms with Gasteiger partial charge in [-0.25, -0.2) is 0 Å². The molecule has 1 N–H and O–H groups in total. The maximum absolute atomic E-state index is 13.0. The second-order valence-electron chi connectivity index (χ2n) is 8.86. The molecule has 0 saturated heterocycles. The third kappa shape index (κ3) is 6.87. The number of carbonyl (C=O) groups is 2. The highest BCUT2D eigenvalue weighted by atomic mass is 16.5. The smallest absolute Gasteiger partial charge is 0.314 e. The minimum Gasteiger partial charge on any atom is -0.497 e. The number of rotatable bonds is 12. The molecule has 6 heteroatoms. The van der Waals surface area contributed by atoms with Gasteiger partial charge in [-0.2, -0.15) is 0 Å². The van der Waals surface area contributed by atoms with Gasteiger partial charge >= 0.3 is 5.97 Å². The SMILES string of the molecule is CCCCCc1ccc(C(=O)NC2C=CC(C(C(=O)OCC)c3cc(OC)ccc3OC)C2)cc1. The Hall–Kier alpha value is -3.28. The van der Waals surface area contributed by atoms with Crippen LogP contribution in [0.2, 0.25) is 0 Å². The lowest BCUT2D eigenvalue weighted by atomic mass is 9.84. The summed E-state index contributed by atoms with van der Waals surface area (Å²) >= 11 is 0. The van der Waals surface area contributed by atoms with E-state index >= 15 is 0 Å². The Balaban J connectivity index is 1.70. The van der Waals surface area contributed by atoms with Gasteiger partial charge in [0.2, 0.25) is 0 Å². The monoisotopic (exact) mass is 479 g/mol. The molecule has 0 radical (unpaired) electrons. The molecule has 6 nitrogen and oxygen atoms in total. The molecule has 3 rings (SSSR count). The summed E-state index contributed by atoms with van der Waals surface area (Å²) < 4.78 is 16.3. The first-order chi connectivity index (χ1) is 17.0. The molecule has 2 aromatic carbocycles. The fourth-order valence-electron chi connectivity index (χ4n) is 4.58. The van der Waals surface area contributed by atoms with E-state index in [-0.39, 0.29) is 30.4 Å². The van der Waals surface area contributed by atoms with Gasteiger partial charge in [-0.1, -0.05) is 44.1 Å². The minimum absolute atomic E-state index is 0.118. The summed E-state index contributed by atoms with van der Waals surface area (Å²) in [5.74, 6) is 0.0806. The zero-order valence-corrected chi connectivity index (χ0v) is 21.2. The number of methoxy groups -OCH3 is 2. The number of amides is 1. The molecule has 1 aliphatic carbocycles. The van der Waals surface area contributed by atoms with Crippen molar-refractivity contribution in [1.82, 2.24) is 5.32 Å². The van der Waals surface area contributed by atoms with E-state index in [1.165, 1.54) is 18.4 Å². The molecule has 0 saturated carbocycles. The molecule has 0 spiro atoms. The van der Waals surface area contributed by atoms with Crippen LogP contribution in [0, 0.1) is 5.92 Å². The molecule has 35 heavy (non-hydrogen) atoms. The summed E-state index contributed by atoms with van der Waals surface area (Å²) in [5, 5.41) is 3.09. The third-order valence-corrected chi connectivity index (χ3v) is 6.46. The average molecular weight is 480 g/mol. The number of hydrogen-bond donors (Lipinski definition) is 1. The van der Waals surface area contributed by atoms with Gasteiger partial charge in [0.1, 0.15) is 11.5 Å². The molecule has 0 aromatic heterocycles. The lowest BCUT2D eigenvalue weighted by molar-refractivity contribution is -0.146. The maximum atomic E-state index is 13.0. The van der Waals surface area contributed by atoms with Crippen LogP contribution in [-0.4, -0.2) is 38.7 Å². The number of carbonyl (C=O) groups excluding carboxylic acids is 2. The fraction of sp³-hybridized carbons (Fsp3) is 0.448. The van der Waals surface area contributed by atoms with Gasteiger partial charge < -0.3 is 19.5 Å². The van der Waals surface area contributed by atoms with Crippen molar-refractivity contribution >= 4 is 11.9 Å². The number of benzene rings is 2. The van der Waals surface area contributed by atoms with Crippen molar-refractivity contribution in [3.8, 4) is 11.5 Å². The van der Waals surface area contributed by atoms with E-state index < -0.39 is 5.92 Å². The van der Waals surface area contributed by atoms with Gasteiger partial charge in [-0.15, -0.1) is 0 Å². The van der Waals surface area contributed by atoms with Crippen molar-refractivity contribution in [3.05, 3.63) is 71.3 Å². The molecule has 0 fully saturated rings. The quantitative estimate of drug-likeness (QED) is 0.249. The van der Waals surface area contributed by atoms with Crippen molar-refractivity contribution in [2.75, 3.05) is 20.8 Å². The Morgan fingerprint density at radius 3 is 2.43 bits per heavy atom. The lowest BCUT2D eigenvalue weighted by Gasteiger charge is -2.24. The zero-order chi connectivity index (χ0) is 25.2. The Kier molecular flexibility index (Phi) is 9.76. The number of hydrogen-bond acceptors (Lipinski definition) is 5. The first-order valence-corrected chi connectivity index (χ1v) is 12.5.